The zero-order chi connectivity index (χ0) is 19.0. The predicted molar refractivity (Wildman–Crippen MR) is 90.7 cm³/mol. The summed E-state index contributed by atoms with van der Waals surface area (Å²) in [5, 5.41) is 1.06. The molecule has 0 saturated heterocycles. The Morgan fingerprint density at radius 1 is 1.11 bits per heavy atom. The second kappa shape index (κ2) is 6.62. The van der Waals surface area contributed by atoms with E-state index in [1.807, 2.05) is 24.3 Å². The SMILES string of the molecule is O=C(N1C=CNO1)N1CCc2ccccc2C1c1ccc(C(F)(F)F)cc1. The maximum absolute atomic E-state index is 12.9. The lowest BCUT2D eigenvalue weighted by Gasteiger charge is -2.38. The first-order valence-electron chi connectivity index (χ1n) is 8.39. The lowest BCUT2D eigenvalue weighted by atomic mass is 9.88. The molecular formula is C19H16F3N3O2. The van der Waals surface area contributed by atoms with Gasteiger partial charge < -0.3 is 4.90 Å². The Morgan fingerprint density at radius 3 is 2.52 bits per heavy atom. The Kier molecular flexibility index (Phi) is 4.27. The summed E-state index contributed by atoms with van der Waals surface area (Å²) < 4.78 is 38.7. The van der Waals surface area contributed by atoms with E-state index >= 15 is 0 Å². The van der Waals surface area contributed by atoms with E-state index in [9.17, 15) is 18.0 Å². The second-order valence-corrected chi connectivity index (χ2v) is 6.30. The summed E-state index contributed by atoms with van der Waals surface area (Å²) in [5.74, 6) is 0. The van der Waals surface area contributed by atoms with Crippen LogP contribution >= 0.6 is 0 Å². The van der Waals surface area contributed by atoms with Crippen molar-refractivity contribution in [2.45, 2.75) is 18.6 Å². The number of nitrogens with one attached hydrogen (secondary N) is 1. The third kappa shape index (κ3) is 3.23. The first-order valence-corrected chi connectivity index (χ1v) is 8.39. The average molecular weight is 375 g/mol. The number of fused-ring (bicyclic) bond motifs is 1. The number of amides is 2. The van der Waals surface area contributed by atoms with Gasteiger partial charge in [-0.3, -0.25) is 0 Å². The number of alkyl halides is 3. The van der Waals surface area contributed by atoms with Gasteiger partial charge in [0.2, 0.25) is 0 Å². The molecule has 0 fully saturated rings. The van der Waals surface area contributed by atoms with Crippen molar-refractivity contribution in [1.29, 1.82) is 0 Å². The van der Waals surface area contributed by atoms with Crippen LogP contribution in [0.4, 0.5) is 18.0 Å². The molecule has 0 aromatic heterocycles. The smallest absolute Gasteiger partial charge is 0.311 e. The maximum Gasteiger partial charge on any atom is 0.416 e. The normalized spacial score (nSPS) is 19.0. The topological polar surface area (TPSA) is 44.8 Å². The van der Waals surface area contributed by atoms with Gasteiger partial charge in [-0.15, -0.1) is 4.94 Å². The Labute approximate surface area is 153 Å². The van der Waals surface area contributed by atoms with Crippen LogP contribution in [-0.4, -0.2) is 22.5 Å². The number of urea groups is 1. The minimum Gasteiger partial charge on any atom is -0.311 e. The van der Waals surface area contributed by atoms with Gasteiger partial charge in [0.05, 0.1) is 17.8 Å². The summed E-state index contributed by atoms with van der Waals surface area (Å²) in [6.45, 7) is 0.426. The van der Waals surface area contributed by atoms with Crippen LogP contribution in [0.1, 0.15) is 28.3 Å². The van der Waals surface area contributed by atoms with Gasteiger partial charge in [0.15, 0.2) is 0 Å². The molecule has 1 unspecified atom stereocenters. The standard InChI is InChI=1S/C19H16F3N3O2/c20-19(21,22)15-7-5-14(6-8-15)17-16-4-2-1-3-13(16)9-11-24(17)18(26)25-12-10-23-27-25/h1-8,10,12,17,23H,9,11H2. The van der Waals surface area contributed by atoms with Gasteiger partial charge in [-0.05, 0) is 35.2 Å². The molecule has 1 atom stereocenters. The summed E-state index contributed by atoms with van der Waals surface area (Å²) >= 11 is 0. The van der Waals surface area contributed by atoms with E-state index < -0.39 is 23.8 Å². The molecule has 2 heterocycles. The van der Waals surface area contributed by atoms with Gasteiger partial charge in [0.1, 0.15) is 0 Å². The molecule has 0 saturated carbocycles. The van der Waals surface area contributed by atoms with Crippen molar-refractivity contribution in [2.75, 3.05) is 6.54 Å². The molecule has 27 heavy (non-hydrogen) atoms. The maximum atomic E-state index is 12.9. The van der Waals surface area contributed by atoms with Crippen molar-refractivity contribution in [3.05, 3.63) is 83.2 Å². The Hall–Kier alpha value is -3.00. The van der Waals surface area contributed by atoms with E-state index in [0.717, 1.165) is 28.3 Å². The van der Waals surface area contributed by atoms with Crippen LogP contribution in [0, 0.1) is 0 Å². The minimum absolute atomic E-state index is 0.393. The average Bonchev–Trinajstić information content (AvgIpc) is 3.21. The lowest BCUT2D eigenvalue weighted by Crippen LogP contribution is -2.46. The highest BCUT2D eigenvalue weighted by atomic mass is 19.4. The zero-order valence-electron chi connectivity index (χ0n) is 14.1. The molecule has 2 aliphatic heterocycles. The van der Waals surface area contributed by atoms with Crippen LogP contribution in [0.5, 0.6) is 0 Å². The number of hydrogen-bond donors (Lipinski definition) is 1. The van der Waals surface area contributed by atoms with Crippen LogP contribution in [0.3, 0.4) is 0 Å². The van der Waals surface area contributed by atoms with Gasteiger partial charge in [0, 0.05) is 12.7 Å². The van der Waals surface area contributed by atoms with Gasteiger partial charge in [-0.1, -0.05) is 36.4 Å². The van der Waals surface area contributed by atoms with Crippen molar-refractivity contribution in [3.8, 4) is 0 Å². The molecule has 4 rings (SSSR count). The number of hydroxylamine groups is 3. The highest BCUT2D eigenvalue weighted by Gasteiger charge is 2.36. The van der Waals surface area contributed by atoms with Gasteiger partial charge >= 0.3 is 12.2 Å². The van der Waals surface area contributed by atoms with Crippen molar-refractivity contribution < 1.29 is 22.9 Å². The van der Waals surface area contributed by atoms with E-state index in [0.29, 0.717) is 18.5 Å². The minimum atomic E-state index is -4.40. The van der Waals surface area contributed by atoms with Gasteiger partial charge in [-0.2, -0.15) is 18.2 Å². The molecule has 8 heteroatoms. The van der Waals surface area contributed by atoms with E-state index in [4.69, 9.17) is 4.94 Å². The molecule has 2 aliphatic rings. The Morgan fingerprint density at radius 2 is 1.85 bits per heavy atom. The molecule has 2 aromatic carbocycles. The molecule has 0 bridgehead atoms. The molecule has 0 aliphatic carbocycles. The molecule has 140 valence electrons. The van der Waals surface area contributed by atoms with E-state index in [2.05, 4.69) is 5.48 Å². The molecule has 1 N–H and O–H groups in total. The predicted octanol–water partition coefficient (Wildman–Crippen LogP) is 4.00. The summed E-state index contributed by atoms with van der Waals surface area (Å²) in [7, 11) is 0. The molecule has 5 nitrogen and oxygen atoms in total. The molecular weight excluding hydrogens is 359 g/mol. The van der Waals surface area contributed by atoms with Crippen molar-refractivity contribution in [1.82, 2.24) is 15.4 Å². The van der Waals surface area contributed by atoms with Crippen LogP contribution in [0.15, 0.2) is 60.9 Å². The second-order valence-electron chi connectivity index (χ2n) is 6.30. The van der Waals surface area contributed by atoms with E-state index in [1.54, 1.807) is 4.90 Å². The lowest BCUT2D eigenvalue weighted by molar-refractivity contribution is -0.137. The largest absolute Gasteiger partial charge is 0.416 e. The number of nitrogens with zero attached hydrogens (tertiary/aromatic N) is 2. The van der Waals surface area contributed by atoms with Crippen LogP contribution in [-0.2, 0) is 17.5 Å². The monoisotopic (exact) mass is 375 g/mol. The van der Waals surface area contributed by atoms with Crippen molar-refractivity contribution in [2.24, 2.45) is 0 Å². The quantitative estimate of drug-likeness (QED) is 0.820. The fourth-order valence-electron chi connectivity index (χ4n) is 3.43. The fourth-order valence-corrected chi connectivity index (χ4v) is 3.43. The number of hydrogen-bond acceptors (Lipinski definition) is 3. The van der Waals surface area contributed by atoms with Crippen LogP contribution in [0.2, 0.25) is 0 Å². The number of carbonyl (C=O) groups is 1. The summed E-state index contributed by atoms with van der Waals surface area (Å²) in [5.41, 5.74) is 4.32. The molecule has 0 spiro atoms. The van der Waals surface area contributed by atoms with Gasteiger partial charge in [0.25, 0.3) is 0 Å². The highest BCUT2D eigenvalue weighted by Crippen LogP contribution is 2.37. The first kappa shape index (κ1) is 17.4. The number of rotatable bonds is 1. The third-order valence-corrected chi connectivity index (χ3v) is 4.70. The fraction of sp³-hybridized carbons (Fsp3) is 0.211. The van der Waals surface area contributed by atoms with Gasteiger partial charge in [-0.25, -0.2) is 10.3 Å². The first-order chi connectivity index (χ1) is 12.9. The van der Waals surface area contributed by atoms with Crippen molar-refractivity contribution >= 4 is 6.03 Å². The third-order valence-electron chi connectivity index (χ3n) is 4.70. The number of halogens is 3. The summed E-state index contributed by atoms with van der Waals surface area (Å²) in [4.78, 5) is 19.5. The van der Waals surface area contributed by atoms with Crippen LogP contribution < -0.4 is 5.48 Å². The molecule has 0 radical (unpaired) electrons. The van der Waals surface area contributed by atoms with Crippen LogP contribution in [0.25, 0.3) is 0 Å². The molecule has 2 aromatic rings. The van der Waals surface area contributed by atoms with E-state index in [1.165, 1.54) is 24.5 Å². The number of carbonyl (C=O) groups excluding carboxylic acids is 1. The Bertz CT molecular complexity index is 881. The Balaban J connectivity index is 1.74. The van der Waals surface area contributed by atoms with Crippen molar-refractivity contribution in [3.63, 3.8) is 0 Å². The highest BCUT2D eigenvalue weighted by molar-refractivity contribution is 5.76. The number of benzene rings is 2. The summed E-state index contributed by atoms with van der Waals surface area (Å²) in [6, 6.07) is 11.7. The summed E-state index contributed by atoms with van der Waals surface area (Å²) in [6.07, 6.45) is -0.821. The molecule has 2 amide bonds. The zero-order valence-corrected chi connectivity index (χ0v) is 14.1. The van der Waals surface area contributed by atoms with E-state index in [-0.39, 0.29) is 0 Å².